The van der Waals surface area contributed by atoms with E-state index >= 15 is 0 Å². The topological polar surface area (TPSA) is 50.4 Å². The van der Waals surface area contributed by atoms with Gasteiger partial charge in [0.05, 0.1) is 12.2 Å². The number of rotatable bonds is 5. The maximum Gasteiger partial charge on any atom is 0.341 e. The quantitative estimate of drug-likeness (QED) is 0.433. The predicted octanol–water partition coefficient (Wildman–Crippen LogP) is 6.26. The lowest BCUT2D eigenvalue weighted by atomic mass is 9.96. The Morgan fingerprint density at radius 1 is 1.14 bits per heavy atom. The van der Waals surface area contributed by atoms with Crippen molar-refractivity contribution in [3.63, 3.8) is 0 Å². The van der Waals surface area contributed by atoms with Gasteiger partial charge in [0.15, 0.2) is 5.11 Å². The van der Waals surface area contributed by atoms with Crippen LogP contribution >= 0.6 is 23.6 Å². The third-order valence-corrected chi connectivity index (χ3v) is 6.77. The molecule has 4 nitrogen and oxygen atoms in total. The van der Waals surface area contributed by atoms with E-state index in [0.29, 0.717) is 17.3 Å². The summed E-state index contributed by atoms with van der Waals surface area (Å²) in [5.41, 5.74) is 5.25. The lowest BCUT2D eigenvalue weighted by Crippen LogP contribution is -2.21. The number of ether oxygens (including phenoxy) is 1. The largest absolute Gasteiger partial charge is 0.462 e. The highest BCUT2D eigenvalue weighted by Crippen LogP contribution is 2.37. The lowest BCUT2D eigenvalue weighted by molar-refractivity contribution is 0.0526. The van der Waals surface area contributed by atoms with Crippen LogP contribution in [0.5, 0.6) is 0 Å². The van der Waals surface area contributed by atoms with E-state index < -0.39 is 0 Å². The molecule has 0 bridgehead atoms. The molecule has 1 aliphatic rings. The second-order valence-corrected chi connectivity index (χ2v) is 8.90. The molecule has 0 unspecified atom stereocenters. The van der Waals surface area contributed by atoms with E-state index in [1.54, 1.807) is 11.3 Å². The van der Waals surface area contributed by atoms with Crippen LogP contribution in [-0.2, 0) is 24.0 Å². The van der Waals surface area contributed by atoms with Gasteiger partial charge in [0.25, 0.3) is 0 Å². The molecule has 0 radical (unpaired) electrons. The number of hydrogen-bond acceptors (Lipinski definition) is 4. The summed E-state index contributed by atoms with van der Waals surface area (Å²) >= 11 is 7.27. The molecule has 1 heterocycles. The fourth-order valence-corrected chi connectivity index (χ4v) is 5.43. The molecular weight excluding hydrogens is 400 g/mol. The number of thiocarbonyl (C=S) groups is 1. The van der Waals surface area contributed by atoms with E-state index in [4.69, 9.17) is 17.0 Å². The molecule has 0 aliphatic heterocycles. The number of carbonyl (C=O) groups is 1. The number of anilines is 2. The molecule has 0 saturated carbocycles. The van der Waals surface area contributed by atoms with Crippen molar-refractivity contribution < 1.29 is 9.53 Å². The zero-order valence-corrected chi connectivity index (χ0v) is 19.2. The summed E-state index contributed by atoms with van der Waals surface area (Å²) in [4.78, 5) is 14.1. The highest BCUT2D eigenvalue weighted by atomic mass is 32.1. The molecular formula is C23H30N2O2S2. The maximum absolute atomic E-state index is 12.8. The predicted molar refractivity (Wildman–Crippen MR) is 127 cm³/mol. The summed E-state index contributed by atoms with van der Waals surface area (Å²) in [5, 5.41) is 7.98. The lowest BCUT2D eigenvalue weighted by Gasteiger charge is -2.16. The summed E-state index contributed by atoms with van der Waals surface area (Å²) in [7, 11) is 0. The fourth-order valence-electron chi connectivity index (χ4n) is 3.88. The summed E-state index contributed by atoms with van der Waals surface area (Å²) < 4.78 is 5.38. The first kappa shape index (κ1) is 21.8. The first-order chi connectivity index (χ1) is 14.0. The van der Waals surface area contributed by atoms with Crippen LogP contribution in [0.15, 0.2) is 18.2 Å². The Kier molecular flexibility index (Phi) is 7.67. The van der Waals surface area contributed by atoms with E-state index in [1.807, 2.05) is 6.92 Å². The first-order valence-electron chi connectivity index (χ1n) is 10.5. The number of carbonyl (C=O) groups excluding carboxylic acids is 1. The number of benzene rings is 1. The SMILES string of the molecule is CCOC(=O)c1c(NC(=S)Nc2c(C)cccc2CC)sc2c1CCCCCC2. The van der Waals surface area contributed by atoms with Crippen molar-refractivity contribution in [1.82, 2.24) is 0 Å². The monoisotopic (exact) mass is 430 g/mol. The number of thiophene rings is 1. The molecule has 0 saturated heterocycles. The molecule has 156 valence electrons. The third-order valence-electron chi connectivity index (χ3n) is 5.36. The number of esters is 1. The number of para-hydroxylation sites is 1. The number of aryl methyl sites for hydroxylation is 3. The zero-order chi connectivity index (χ0) is 20.8. The van der Waals surface area contributed by atoms with Crippen LogP contribution < -0.4 is 10.6 Å². The average Bonchev–Trinajstić information content (AvgIpc) is 2.99. The van der Waals surface area contributed by atoms with Gasteiger partial charge in [-0.25, -0.2) is 4.79 Å². The number of nitrogens with one attached hydrogen (secondary N) is 2. The summed E-state index contributed by atoms with van der Waals surface area (Å²) in [6, 6.07) is 6.25. The second-order valence-electron chi connectivity index (χ2n) is 7.38. The Morgan fingerprint density at radius 3 is 2.62 bits per heavy atom. The van der Waals surface area contributed by atoms with Crippen LogP contribution in [0, 0.1) is 6.92 Å². The first-order valence-corrected chi connectivity index (χ1v) is 11.8. The van der Waals surface area contributed by atoms with Crippen molar-refractivity contribution in [2.75, 3.05) is 17.2 Å². The zero-order valence-electron chi connectivity index (χ0n) is 17.5. The van der Waals surface area contributed by atoms with Gasteiger partial charge in [0.1, 0.15) is 5.00 Å². The van der Waals surface area contributed by atoms with Gasteiger partial charge in [-0.3, -0.25) is 0 Å². The standard InChI is InChI=1S/C23H30N2O2S2/c1-4-16-12-10-11-15(3)20(16)24-23(28)25-21-19(22(26)27-5-2)17-13-8-6-7-9-14-18(17)29-21/h10-12H,4-9,13-14H2,1-3H3,(H2,24,25,28). The van der Waals surface area contributed by atoms with Gasteiger partial charge in [-0.1, -0.05) is 38.0 Å². The maximum atomic E-state index is 12.8. The Morgan fingerprint density at radius 2 is 1.90 bits per heavy atom. The highest BCUT2D eigenvalue weighted by molar-refractivity contribution is 7.80. The molecule has 0 spiro atoms. The molecule has 0 fully saturated rings. The fraction of sp³-hybridized carbons (Fsp3) is 0.478. The summed E-state index contributed by atoms with van der Waals surface area (Å²) in [6.07, 6.45) is 7.62. The molecule has 0 atom stereocenters. The van der Waals surface area contributed by atoms with Crippen molar-refractivity contribution in [3.05, 3.63) is 45.3 Å². The highest BCUT2D eigenvalue weighted by Gasteiger charge is 2.25. The van der Waals surface area contributed by atoms with E-state index in [-0.39, 0.29) is 5.97 Å². The number of fused-ring (bicyclic) bond motifs is 1. The smallest absolute Gasteiger partial charge is 0.341 e. The van der Waals surface area contributed by atoms with Crippen LogP contribution in [0.3, 0.4) is 0 Å². The van der Waals surface area contributed by atoms with Crippen LogP contribution in [0.1, 0.15) is 71.5 Å². The van der Waals surface area contributed by atoms with Gasteiger partial charge in [-0.15, -0.1) is 11.3 Å². The molecule has 2 N–H and O–H groups in total. The Hall–Kier alpha value is -1.92. The average molecular weight is 431 g/mol. The normalized spacial score (nSPS) is 13.8. The summed E-state index contributed by atoms with van der Waals surface area (Å²) in [6.45, 7) is 6.42. The molecule has 1 aromatic heterocycles. The van der Waals surface area contributed by atoms with E-state index in [0.717, 1.165) is 47.5 Å². The van der Waals surface area contributed by atoms with Gasteiger partial charge < -0.3 is 15.4 Å². The molecule has 29 heavy (non-hydrogen) atoms. The van der Waals surface area contributed by atoms with Crippen molar-refractivity contribution in [2.24, 2.45) is 0 Å². The minimum atomic E-state index is -0.249. The van der Waals surface area contributed by atoms with Crippen molar-refractivity contribution in [2.45, 2.75) is 65.7 Å². The van der Waals surface area contributed by atoms with Crippen LogP contribution in [-0.4, -0.2) is 17.7 Å². The van der Waals surface area contributed by atoms with Gasteiger partial charge in [-0.2, -0.15) is 0 Å². The molecule has 0 amide bonds. The summed E-state index contributed by atoms with van der Waals surface area (Å²) in [5.74, 6) is -0.249. The molecule has 1 aliphatic carbocycles. The van der Waals surface area contributed by atoms with Crippen molar-refractivity contribution in [3.8, 4) is 0 Å². The molecule has 6 heteroatoms. The van der Waals surface area contributed by atoms with Gasteiger partial charge in [0.2, 0.25) is 0 Å². The van der Waals surface area contributed by atoms with Gasteiger partial charge in [0, 0.05) is 10.6 Å². The Labute approximate surface area is 183 Å². The van der Waals surface area contributed by atoms with Crippen LogP contribution in [0.2, 0.25) is 0 Å². The molecule has 3 rings (SSSR count). The van der Waals surface area contributed by atoms with Crippen LogP contribution in [0.4, 0.5) is 10.7 Å². The molecule has 2 aromatic rings. The van der Waals surface area contributed by atoms with E-state index in [1.165, 1.54) is 29.7 Å². The third kappa shape index (κ3) is 5.17. The van der Waals surface area contributed by atoms with Crippen LogP contribution in [0.25, 0.3) is 0 Å². The molecule has 1 aromatic carbocycles. The van der Waals surface area contributed by atoms with Crippen molar-refractivity contribution in [1.29, 1.82) is 0 Å². The Bertz CT molecular complexity index is 889. The minimum absolute atomic E-state index is 0.249. The van der Waals surface area contributed by atoms with E-state index in [2.05, 4.69) is 42.7 Å². The van der Waals surface area contributed by atoms with E-state index in [9.17, 15) is 4.79 Å². The Balaban J connectivity index is 1.89. The van der Waals surface area contributed by atoms with Crippen molar-refractivity contribution >= 4 is 45.3 Å². The van der Waals surface area contributed by atoms with Gasteiger partial charge >= 0.3 is 5.97 Å². The second kappa shape index (κ2) is 10.2. The number of hydrogen-bond donors (Lipinski definition) is 2. The van der Waals surface area contributed by atoms with Gasteiger partial charge in [-0.05, 0) is 74.9 Å². The minimum Gasteiger partial charge on any atom is -0.462 e.